The summed E-state index contributed by atoms with van der Waals surface area (Å²) in [6.45, 7) is 2.52. The van der Waals surface area contributed by atoms with E-state index in [4.69, 9.17) is 0 Å². The number of benzene rings is 1. The summed E-state index contributed by atoms with van der Waals surface area (Å²) < 4.78 is 38.9. The Labute approximate surface area is 173 Å². The van der Waals surface area contributed by atoms with Crippen LogP contribution in [0.2, 0.25) is 0 Å². The number of fused-ring (bicyclic) bond motifs is 1. The fraction of sp³-hybridized carbons (Fsp3) is 0.571. The average Bonchev–Trinajstić information content (AvgIpc) is 3.53. The first-order valence-corrected chi connectivity index (χ1v) is 10.2. The zero-order valence-electron chi connectivity index (χ0n) is 16.8. The summed E-state index contributed by atoms with van der Waals surface area (Å²) in [7, 11) is 0. The van der Waals surface area contributed by atoms with Crippen LogP contribution in [0.5, 0.6) is 0 Å². The zero-order valence-corrected chi connectivity index (χ0v) is 16.8. The molecule has 30 heavy (non-hydrogen) atoms. The number of hydrogen-bond donors (Lipinski definition) is 2. The maximum absolute atomic E-state index is 13.0. The molecule has 1 saturated carbocycles. The maximum atomic E-state index is 13.0. The van der Waals surface area contributed by atoms with Crippen molar-refractivity contribution in [2.45, 2.75) is 63.6 Å². The minimum atomic E-state index is -4.40. The van der Waals surface area contributed by atoms with Crippen molar-refractivity contribution in [1.29, 1.82) is 0 Å². The normalized spacial score (nSPS) is 22.9. The van der Waals surface area contributed by atoms with Gasteiger partial charge in [0.15, 0.2) is 0 Å². The highest BCUT2D eigenvalue weighted by molar-refractivity contribution is 6.04. The number of imide groups is 1. The molecule has 2 aliphatic heterocycles. The van der Waals surface area contributed by atoms with Crippen LogP contribution in [0.15, 0.2) is 18.2 Å². The molecule has 3 aliphatic rings. The molecule has 4 rings (SSSR count). The van der Waals surface area contributed by atoms with Crippen molar-refractivity contribution < 1.29 is 27.6 Å². The summed E-state index contributed by atoms with van der Waals surface area (Å²) in [5.74, 6) is -0.869. The molecule has 164 valence electrons. The summed E-state index contributed by atoms with van der Waals surface area (Å²) in [6, 6.07) is 2.44. The third-order valence-corrected chi connectivity index (χ3v) is 5.36. The van der Waals surface area contributed by atoms with Gasteiger partial charge in [0.25, 0.3) is 5.91 Å². The van der Waals surface area contributed by atoms with Crippen LogP contribution in [0.4, 0.5) is 18.0 Å². The van der Waals surface area contributed by atoms with Crippen molar-refractivity contribution in [3.63, 3.8) is 0 Å². The van der Waals surface area contributed by atoms with Crippen molar-refractivity contribution in [1.82, 2.24) is 15.5 Å². The Hall–Kier alpha value is -2.58. The van der Waals surface area contributed by atoms with Crippen LogP contribution < -0.4 is 10.6 Å². The molecule has 1 saturated heterocycles. The molecule has 1 aromatic rings. The van der Waals surface area contributed by atoms with Gasteiger partial charge in [-0.1, -0.05) is 32.3 Å². The molecule has 0 aromatic heterocycles. The topological polar surface area (TPSA) is 78.5 Å². The Balaban J connectivity index is 0.000000782. The molecule has 6 nitrogen and oxygen atoms in total. The lowest BCUT2D eigenvalue weighted by Crippen LogP contribution is -2.36. The minimum absolute atomic E-state index is 0.0786. The van der Waals surface area contributed by atoms with E-state index in [1.165, 1.54) is 31.4 Å². The second-order valence-electron chi connectivity index (χ2n) is 8.02. The van der Waals surface area contributed by atoms with E-state index in [1.54, 1.807) is 11.8 Å². The van der Waals surface area contributed by atoms with E-state index >= 15 is 0 Å². The molecule has 9 heteroatoms. The van der Waals surface area contributed by atoms with E-state index in [9.17, 15) is 27.6 Å². The van der Waals surface area contributed by atoms with Gasteiger partial charge in [0, 0.05) is 19.5 Å². The van der Waals surface area contributed by atoms with Gasteiger partial charge in [0.1, 0.15) is 6.04 Å². The van der Waals surface area contributed by atoms with E-state index < -0.39 is 29.7 Å². The van der Waals surface area contributed by atoms with Gasteiger partial charge in [-0.3, -0.25) is 14.9 Å². The minimum Gasteiger partial charge on any atom is -0.342 e. The van der Waals surface area contributed by atoms with Crippen molar-refractivity contribution in [2.24, 2.45) is 0 Å². The number of halogens is 3. The Morgan fingerprint density at radius 2 is 1.90 bits per heavy atom. The van der Waals surface area contributed by atoms with Crippen molar-refractivity contribution >= 4 is 17.8 Å². The summed E-state index contributed by atoms with van der Waals surface area (Å²) >= 11 is 0. The summed E-state index contributed by atoms with van der Waals surface area (Å²) in [5, 5.41) is 4.55. The number of nitrogens with zero attached hydrogens (tertiary/aromatic N) is 1. The molecule has 2 fully saturated rings. The van der Waals surface area contributed by atoms with Crippen LogP contribution in [0.25, 0.3) is 0 Å². The zero-order chi connectivity index (χ0) is 21.9. The lowest BCUT2D eigenvalue weighted by molar-refractivity contribution is -0.137. The van der Waals surface area contributed by atoms with Gasteiger partial charge in [0.05, 0.1) is 5.56 Å². The smallest absolute Gasteiger partial charge is 0.342 e. The van der Waals surface area contributed by atoms with Crippen molar-refractivity contribution in [2.75, 3.05) is 13.1 Å². The first-order valence-electron chi connectivity index (χ1n) is 10.2. The van der Waals surface area contributed by atoms with Gasteiger partial charge in [-0.05, 0) is 42.0 Å². The number of alkyl halides is 3. The van der Waals surface area contributed by atoms with Gasteiger partial charge in [-0.2, -0.15) is 13.2 Å². The molecule has 0 radical (unpaired) electrons. The molecule has 1 aromatic carbocycles. The van der Waals surface area contributed by atoms with Crippen molar-refractivity contribution in [3.05, 3.63) is 34.9 Å². The number of nitrogens with one attached hydrogen (secondary N) is 2. The fourth-order valence-corrected chi connectivity index (χ4v) is 3.55. The highest BCUT2D eigenvalue weighted by atomic mass is 19.4. The highest BCUT2D eigenvalue weighted by Gasteiger charge is 2.33. The van der Waals surface area contributed by atoms with Crippen LogP contribution in [-0.4, -0.2) is 41.9 Å². The van der Waals surface area contributed by atoms with Gasteiger partial charge in [-0.15, -0.1) is 0 Å². The fourth-order valence-electron chi connectivity index (χ4n) is 3.55. The molecule has 2 N–H and O–H groups in total. The first kappa shape index (κ1) is 22.1. The van der Waals surface area contributed by atoms with Crippen molar-refractivity contribution in [3.8, 4) is 0 Å². The SMILES string of the molecule is C1CC1.CC1CN(C(=O)CCC2NC(=O)NC2=O)CCc2ccc(C(F)(F)F)cc21. The molecule has 2 atom stereocenters. The van der Waals surface area contributed by atoms with E-state index in [0.717, 1.165) is 11.6 Å². The predicted octanol–water partition coefficient (Wildman–Crippen LogP) is 3.35. The number of amides is 4. The number of hydrogen-bond acceptors (Lipinski definition) is 3. The average molecular weight is 425 g/mol. The summed E-state index contributed by atoms with van der Waals surface area (Å²) in [4.78, 5) is 36.8. The van der Waals surface area contributed by atoms with Gasteiger partial charge >= 0.3 is 12.2 Å². The van der Waals surface area contributed by atoms with Crippen LogP contribution in [0.1, 0.15) is 61.6 Å². The molecule has 0 spiro atoms. The van der Waals surface area contributed by atoms with E-state index in [0.29, 0.717) is 25.1 Å². The van der Waals surface area contributed by atoms with Gasteiger partial charge in [-0.25, -0.2) is 4.79 Å². The maximum Gasteiger partial charge on any atom is 0.416 e. The lowest BCUT2D eigenvalue weighted by atomic mass is 9.93. The predicted molar refractivity (Wildman–Crippen MR) is 104 cm³/mol. The van der Waals surface area contributed by atoms with Gasteiger partial charge in [0.2, 0.25) is 5.91 Å². The Kier molecular flexibility index (Phi) is 6.67. The van der Waals surface area contributed by atoms with Crippen LogP contribution in [0.3, 0.4) is 0 Å². The Morgan fingerprint density at radius 3 is 2.47 bits per heavy atom. The number of carbonyl (C=O) groups is 3. The highest BCUT2D eigenvalue weighted by Crippen LogP contribution is 2.34. The summed E-state index contributed by atoms with van der Waals surface area (Å²) in [5.41, 5.74) is 0.742. The van der Waals surface area contributed by atoms with Crippen LogP contribution >= 0.6 is 0 Å². The Bertz CT molecular complexity index is 821. The molecule has 0 bridgehead atoms. The quantitative estimate of drug-likeness (QED) is 0.729. The number of urea groups is 1. The second-order valence-corrected chi connectivity index (χ2v) is 8.02. The number of rotatable bonds is 3. The van der Waals surface area contributed by atoms with E-state index in [2.05, 4.69) is 10.6 Å². The third kappa shape index (κ3) is 5.73. The standard InChI is InChI=1S/C18H20F3N3O3.C3H6/c1-10-9-24(15(25)5-4-14-16(26)23-17(27)22-14)7-6-11-2-3-12(8-13(10)11)18(19,20)21;1-2-3-1/h2-3,8,10,14H,4-7,9H2,1H3,(H2,22,23,26,27);1-3H2. The van der Waals surface area contributed by atoms with Crippen LogP contribution in [0, 0.1) is 0 Å². The third-order valence-electron chi connectivity index (χ3n) is 5.36. The molecular formula is C21H26F3N3O3. The lowest BCUT2D eigenvalue weighted by Gasteiger charge is -2.23. The molecule has 4 amide bonds. The first-order chi connectivity index (χ1) is 14.1. The molecular weight excluding hydrogens is 399 g/mol. The van der Waals surface area contributed by atoms with Crippen LogP contribution in [-0.2, 0) is 22.2 Å². The second kappa shape index (κ2) is 9.06. The molecule has 2 unspecified atom stereocenters. The summed E-state index contributed by atoms with van der Waals surface area (Å²) in [6.07, 6.45) is 0.842. The molecule has 2 heterocycles. The molecule has 1 aliphatic carbocycles. The number of carbonyl (C=O) groups excluding carboxylic acids is 3. The Morgan fingerprint density at radius 1 is 1.20 bits per heavy atom. The largest absolute Gasteiger partial charge is 0.416 e. The van der Waals surface area contributed by atoms with E-state index in [1.807, 2.05) is 0 Å². The van der Waals surface area contributed by atoms with Gasteiger partial charge < -0.3 is 10.2 Å². The monoisotopic (exact) mass is 425 g/mol. The van der Waals surface area contributed by atoms with E-state index in [-0.39, 0.29) is 24.7 Å².